The van der Waals surface area contributed by atoms with Crippen molar-refractivity contribution in [3.05, 3.63) is 65.7 Å². The average molecular weight is 352 g/mol. The van der Waals surface area contributed by atoms with Gasteiger partial charge in [-0.1, -0.05) is 47.6 Å². The van der Waals surface area contributed by atoms with E-state index >= 15 is 0 Å². The predicted molar refractivity (Wildman–Crippen MR) is 100 cm³/mol. The van der Waals surface area contributed by atoms with E-state index in [2.05, 4.69) is 34.3 Å². The Morgan fingerprint density at radius 2 is 1.96 bits per heavy atom. The minimum atomic E-state index is 0.159. The second-order valence-electron chi connectivity index (χ2n) is 6.78. The number of benzene rings is 2. The first-order valence-electron chi connectivity index (χ1n) is 9.05. The molecule has 0 amide bonds. The SMILES string of the molecule is COCCOc1cccc(CN2C[C@@H]3C(c4ccccc4)=NO[C@@H]3C2)c1. The Labute approximate surface area is 154 Å². The molecule has 5 heteroatoms. The van der Waals surface area contributed by atoms with Gasteiger partial charge in [0, 0.05) is 26.7 Å². The van der Waals surface area contributed by atoms with Gasteiger partial charge in [0.1, 0.15) is 18.5 Å². The van der Waals surface area contributed by atoms with Crippen LogP contribution in [0.15, 0.2) is 59.8 Å². The number of nitrogens with zero attached hydrogens (tertiary/aromatic N) is 2. The molecule has 2 aliphatic rings. The van der Waals surface area contributed by atoms with E-state index < -0.39 is 0 Å². The molecule has 2 aromatic rings. The molecule has 1 saturated heterocycles. The summed E-state index contributed by atoms with van der Waals surface area (Å²) in [7, 11) is 1.68. The Morgan fingerprint density at radius 3 is 2.81 bits per heavy atom. The van der Waals surface area contributed by atoms with Gasteiger partial charge in [0.25, 0.3) is 0 Å². The minimum Gasteiger partial charge on any atom is -0.491 e. The molecule has 0 unspecified atom stereocenters. The lowest BCUT2D eigenvalue weighted by atomic mass is 9.95. The summed E-state index contributed by atoms with van der Waals surface area (Å²) in [6, 6.07) is 18.6. The lowest BCUT2D eigenvalue weighted by Gasteiger charge is -2.17. The van der Waals surface area contributed by atoms with E-state index in [0.29, 0.717) is 19.1 Å². The van der Waals surface area contributed by atoms with Gasteiger partial charge in [-0.05, 0) is 23.3 Å². The molecule has 2 heterocycles. The van der Waals surface area contributed by atoms with Crippen molar-refractivity contribution in [1.29, 1.82) is 0 Å². The maximum absolute atomic E-state index is 5.71. The summed E-state index contributed by atoms with van der Waals surface area (Å²) >= 11 is 0. The van der Waals surface area contributed by atoms with E-state index in [1.54, 1.807) is 7.11 Å². The zero-order chi connectivity index (χ0) is 17.8. The van der Waals surface area contributed by atoms with Crippen molar-refractivity contribution >= 4 is 5.71 Å². The van der Waals surface area contributed by atoms with Gasteiger partial charge in [0.2, 0.25) is 0 Å². The number of fused-ring (bicyclic) bond motifs is 1. The van der Waals surface area contributed by atoms with Gasteiger partial charge >= 0.3 is 0 Å². The van der Waals surface area contributed by atoms with Crippen LogP contribution in [0, 0.1) is 5.92 Å². The number of methoxy groups -OCH3 is 1. The van der Waals surface area contributed by atoms with Crippen LogP contribution in [0.5, 0.6) is 5.75 Å². The first kappa shape index (κ1) is 17.1. The van der Waals surface area contributed by atoms with Crippen LogP contribution in [0.2, 0.25) is 0 Å². The second-order valence-corrected chi connectivity index (χ2v) is 6.78. The van der Waals surface area contributed by atoms with Gasteiger partial charge in [-0.3, -0.25) is 4.90 Å². The maximum Gasteiger partial charge on any atom is 0.149 e. The van der Waals surface area contributed by atoms with Gasteiger partial charge in [-0.2, -0.15) is 0 Å². The Kier molecular flexibility index (Phi) is 5.18. The molecule has 2 aliphatic heterocycles. The van der Waals surface area contributed by atoms with Gasteiger partial charge in [0.15, 0.2) is 0 Å². The van der Waals surface area contributed by atoms with Gasteiger partial charge < -0.3 is 14.3 Å². The number of hydrogen-bond acceptors (Lipinski definition) is 5. The topological polar surface area (TPSA) is 43.3 Å². The molecule has 0 aromatic heterocycles. The lowest BCUT2D eigenvalue weighted by molar-refractivity contribution is 0.0745. The molecule has 5 nitrogen and oxygen atoms in total. The Bertz CT molecular complexity index is 763. The first-order chi connectivity index (χ1) is 12.8. The molecule has 2 aromatic carbocycles. The van der Waals surface area contributed by atoms with Crippen LogP contribution < -0.4 is 4.74 Å². The third-order valence-electron chi connectivity index (χ3n) is 4.91. The second kappa shape index (κ2) is 7.89. The Morgan fingerprint density at radius 1 is 1.08 bits per heavy atom. The summed E-state index contributed by atoms with van der Waals surface area (Å²) < 4.78 is 10.7. The van der Waals surface area contributed by atoms with E-state index in [-0.39, 0.29) is 6.10 Å². The van der Waals surface area contributed by atoms with Gasteiger partial charge in [-0.25, -0.2) is 0 Å². The van der Waals surface area contributed by atoms with Crippen molar-refractivity contribution in [2.45, 2.75) is 12.6 Å². The molecule has 136 valence electrons. The highest BCUT2D eigenvalue weighted by Crippen LogP contribution is 2.31. The quantitative estimate of drug-likeness (QED) is 0.719. The molecule has 0 radical (unpaired) electrons. The summed E-state index contributed by atoms with van der Waals surface area (Å²) in [6.07, 6.45) is 0.159. The third-order valence-corrected chi connectivity index (χ3v) is 4.91. The number of ether oxygens (including phenoxy) is 2. The van der Waals surface area contributed by atoms with Crippen LogP contribution in [-0.4, -0.2) is 50.1 Å². The van der Waals surface area contributed by atoms with Crippen LogP contribution in [0.25, 0.3) is 0 Å². The molecule has 0 N–H and O–H groups in total. The van der Waals surface area contributed by atoms with E-state index in [0.717, 1.165) is 36.7 Å². The molecule has 0 spiro atoms. The fourth-order valence-electron chi connectivity index (χ4n) is 3.65. The molecule has 2 atom stereocenters. The molecular weight excluding hydrogens is 328 g/mol. The predicted octanol–water partition coefficient (Wildman–Crippen LogP) is 2.95. The fourth-order valence-corrected chi connectivity index (χ4v) is 3.65. The number of oxime groups is 1. The van der Waals surface area contributed by atoms with E-state index in [1.807, 2.05) is 30.3 Å². The van der Waals surface area contributed by atoms with Crippen molar-refractivity contribution in [3.63, 3.8) is 0 Å². The van der Waals surface area contributed by atoms with Crippen molar-refractivity contribution in [2.24, 2.45) is 11.1 Å². The van der Waals surface area contributed by atoms with Crippen LogP contribution in [0.3, 0.4) is 0 Å². The van der Waals surface area contributed by atoms with E-state index in [4.69, 9.17) is 14.3 Å². The fraction of sp³-hybridized carbons (Fsp3) is 0.381. The Hall–Kier alpha value is -2.37. The monoisotopic (exact) mass is 352 g/mol. The summed E-state index contributed by atoms with van der Waals surface area (Å²) in [5.74, 6) is 1.24. The maximum atomic E-state index is 5.71. The highest BCUT2D eigenvalue weighted by molar-refractivity contribution is 6.03. The summed E-state index contributed by atoms with van der Waals surface area (Å²) in [5.41, 5.74) is 3.49. The van der Waals surface area contributed by atoms with Crippen LogP contribution in [-0.2, 0) is 16.1 Å². The zero-order valence-electron chi connectivity index (χ0n) is 15.0. The first-order valence-corrected chi connectivity index (χ1v) is 9.05. The Balaban J connectivity index is 1.38. The number of hydrogen-bond donors (Lipinski definition) is 0. The summed E-state index contributed by atoms with van der Waals surface area (Å²) in [6.45, 7) is 3.92. The normalized spacial score (nSPS) is 22.0. The van der Waals surface area contributed by atoms with Crippen molar-refractivity contribution in [3.8, 4) is 5.75 Å². The molecule has 26 heavy (non-hydrogen) atoms. The molecule has 0 saturated carbocycles. The van der Waals surface area contributed by atoms with Crippen molar-refractivity contribution < 1.29 is 14.3 Å². The third kappa shape index (κ3) is 3.74. The van der Waals surface area contributed by atoms with E-state index in [1.165, 1.54) is 5.56 Å². The average Bonchev–Trinajstić information content (AvgIpc) is 3.23. The molecule has 4 rings (SSSR count). The highest BCUT2D eigenvalue weighted by atomic mass is 16.6. The van der Waals surface area contributed by atoms with E-state index in [9.17, 15) is 0 Å². The number of likely N-dealkylation sites (tertiary alicyclic amines) is 1. The summed E-state index contributed by atoms with van der Waals surface area (Å²) in [5, 5.41) is 4.35. The van der Waals surface area contributed by atoms with Gasteiger partial charge in [-0.15, -0.1) is 0 Å². The van der Waals surface area contributed by atoms with Crippen LogP contribution in [0.4, 0.5) is 0 Å². The van der Waals surface area contributed by atoms with Crippen molar-refractivity contribution in [1.82, 2.24) is 4.90 Å². The van der Waals surface area contributed by atoms with Crippen LogP contribution >= 0.6 is 0 Å². The standard InChI is InChI=1S/C21H24N2O3/c1-24-10-11-25-18-9-5-6-16(12-18)13-23-14-19-20(15-23)26-22-21(19)17-7-3-2-4-8-17/h2-9,12,19-20H,10-11,13-15H2,1H3/t19-,20+/m0/s1. The number of rotatable bonds is 7. The molecule has 0 bridgehead atoms. The molecular formula is C21H24N2O3. The largest absolute Gasteiger partial charge is 0.491 e. The smallest absolute Gasteiger partial charge is 0.149 e. The molecule has 0 aliphatic carbocycles. The van der Waals surface area contributed by atoms with Crippen LogP contribution in [0.1, 0.15) is 11.1 Å². The summed E-state index contributed by atoms with van der Waals surface area (Å²) in [4.78, 5) is 8.14. The lowest BCUT2D eigenvalue weighted by Crippen LogP contribution is -2.23. The van der Waals surface area contributed by atoms with Crippen molar-refractivity contribution in [2.75, 3.05) is 33.4 Å². The zero-order valence-corrected chi connectivity index (χ0v) is 15.0. The van der Waals surface area contributed by atoms with Gasteiger partial charge in [0.05, 0.1) is 18.2 Å². The highest BCUT2D eigenvalue weighted by Gasteiger charge is 2.42. The minimum absolute atomic E-state index is 0.159. The molecule has 1 fully saturated rings.